The van der Waals surface area contributed by atoms with Crippen molar-refractivity contribution in [2.75, 3.05) is 11.9 Å². The van der Waals surface area contributed by atoms with Gasteiger partial charge in [0, 0.05) is 43.6 Å². The zero-order chi connectivity index (χ0) is 21.2. The third kappa shape index (κ3) is 4.67. The Bertz CT molecular complexity index is 871. The van der Waals surface area contributed by atoms with Gasteiger partial charge in [-0.1, -0.05) is 6.42 Å². The van der Waals surface area contributed by atoms with Gasteiger partial charge in [-0.2, -0.15) is 4.31 Å². The van der Waals surface area contributed by atoms with Crippen LogP contribution in [-0.4, -0.2) is 54.0 Å². The molecule has 2 aliphatic rings. The van der Waals surface area contributed by atoms with E-state index in [1.165, 1.54) is 12.1 Å². The van der Waals surface area contributed by atoms with Crippen molar-refractivity contribution in [1.82, 2.24) is 9.21 Å². The lowest BCUT2D eigenvalue weighted by Crippen LogP contribution is -2.47. The first-order valence-electron chi connectivity index (χ1n) is 9.97. The van der Waals surface area contributed by atoms with E-state index in [1.807, 2.05) is 13.8 Å². The largest absolute Gasteiger partial charge is 0.326 e. The molecule has 2 heterocycles. The van der Waals surface area contributed by atoms with Crippen LogP contribution in [0.4, 0.5) is 5.69 Å². The molecule has 2 unspecified atom stereocenters. The average Bonchev–Trinajstić information content (AvgIpc) is 2.98. The second-order valence-corrected chi connectivity index (χ2v) is 9.57. The number of hydrogen-bond acceptors (Lipinski definition) is 5. The van der Waals surface area contributed by atoms with Crippen LogP contribution in [0.5, 0.6) is 0 Å². The van der Waals surface area contributed by atoms with E-state index in [2.05, 4.69) is 5.32 Å². The van der Waals surface area contributed by atoms with Crippen LogP contribution < -0.4 is 5.32 Å². The van der Waals surface area contributed by atoms with Gasteiger partial charge in [0.25, 0.3) is 0 Å². The SMILES string of the molecule is CC1CCCC(C)N1S(=O)(=O)c1ccc(NC(=O)CCN2C(=O)CCC2=O)cc1. The Morgan fingerprint density at radius 2 is 1.59 bits per heavy atom. The molecule has 0 spiro atoms. The molecule has 0 bridgehead atoms. The van der Waals surface area contributed by atoms with E-state index in [4.69, 9.17) is 0 Å². The highest BCUT2D eigenvalue weighted by atomic mass is 32.2. The topological polar surface area (TPSA) is 104 Å². The van der Waals surface area contributed by atoms with Crippen LogP contribution >= 0.6 is 0 Å². The maximum Gasteiger partial charge on any atom is 0.243 e. The highest BCUT2D eigenvalue weighted by molar-refractivity contribution is 7.89. The summed E-state index contributed by atoms with van der Waals surface area (Å²) >= 11 is 0. The number of imide groups is 1. The minimum absolute atomic E-state index is 0.000335. The first-order valence-corrected chi connectivity index (χ1v) is 11.4. The zero-order valence-electron chi connectivity index (χ0n) is 16.8. The minimum atomic E-state index is -3.60. The van der Waals surface area contributed by atoms with Crippen LogP contribution in [0, 0.1) is 0 Å². The molecular formula is C20H27N3O5S. The maximum atomic E-state index is 13.0. The molecule has 0 aromatic heterocycles. The Morgan fingerprint density at radius 1 is 1.03 bits per heavy atom. The first kappa shape index (κ1) is 21.4. The predicted octanol–water partition coefficient (Wildman–Crippen LogP) is 2.12. The van der Waals surface area contributed by atoms with E-state index in [0.717, 1.165) is 24.2 Å². The van der Waals surface area contributed by atoms with Crippen molar-refractivity contribution >= 4 is 33.4 Å². The molecule has 0 aliphatic carbocycles. The number of likely N-dealkylation sites (tertiary alicyclic amines) is 1. The number of benzene rings is 1. The summed E-state index contributed by atoms with van der Waals surface area (Å²) in [4.78, 5) is 36.6. The second-order valence-electron chi connectivity index (χ2n) is 7.73. The fourth-order valence-corrected chi connectivity index (χ4v) is 5.89. The van der Waals surface area contributed by atoms with E-state index in [-0.39, 0.29) is 60.5 Å². The molecule has 0 saturated carbocycles. The summed E-state index contributed by atoms with van der Waals surface area (Å²) in [5.41, 5.74) is 0.466. The van der Waals surface area contributed by atoms with E-state index in [9.17, 15) is 22.8 Å². The van der Waals surface area contributed by atoms with Crippen molar-refractivity contribution in [2.45, 2.75) is 69.4 Å². The van der Waals surface area contributed by atoms with Gasteiger partial charge in [0.05, 0.1) is 4.90 Å². The number of rotatable bonds is 6. The van der Waals surface area contributed by atoms with Gasteiger partial charge >= 0.3 is 0 Å². The second kappa shape index (κ2) is 8.62. The fourth-order valence-electron chi connectivity index (χ4n) is 4.01. The molecule has 2 aliphatic heterocycles. The number of nitrogens with one attached hydrogen (secondary N) is 1. The van der Waals surface area contributed by atoms with Gasteiger partial charge < -0.3 is 5.32 Å². The average molecular weight is 422 g/mol. The standard InChI is InChI=1S/C20H27N3O5S/c1-14-4-3-5-15(2)23(14)29(27,28)17-8-6-16(7-9-17)21-18(24)12-13-22-19(25)10-11-20(22)26/h6-9,14-15H,3-5,10-13H2,1-2H3,(H,21,24). The highest BCUT2D eigenvalue weighted by Gasteiger charge is 2.35. The molecule has 2 saturated heterocycles. The maximum absolute atomic E-state index is 13.0. The summed E-state index contributed by atoms with van der Waals surface area (Å²) in [6.45, 7) is 3.91. The Morgan fingerprint density at radius 3 is 2.14 bits per heavy atom. The molecule has 1 N–H and O–H groups in total. The number of piperidine rings is 1. The molecular weight excluding hydrogens is 394 g/mol. The lowest BCUT2D eigenvalue weighted by Gasteiger charge is -2.37. The molecule has 3 amide bonds. The number of carbonyl (C=O) groups excluding carboxylic acids is 3. The number of sulfonamides is 1. The van der Waals surface area contributed by atoms with Gasteiger partial charge in [0.2, 0.25) is 27.7 Å². The third-order valence-electron chi connectivity index (χ3n) is 5.54. The molecule has 0 radical (unpaired) electrons. The monoisotopic (exact) mass is 421 g/mol. The molecule has 29 heavy (non-hydrogen) atoms. The van der Waals surface area contributed by atoms with Gasteiger partial charge in [0.1, 0.15) is 0 Å². The van der Waals surface area contributed by atoms with Gasteiger partial charge in [-0.25, -0.2) is 8.42 Å². The molecule has 2 fully saturated rings. The van der Waals surface area contributed by atoms with E-state index < -0.39 is 10.0 Å². The highest BCUT2D eigenvalue weighted by Crippen LogP contribution is 2.30. The van der Waals surface area contributed by atoms with Crippen molar-refractivity contribution in [3.63, 3.8) is 0 Å². The smallest absolute Gasteiger partial charge is 0.243 e. The first-order chi connectivity index (χ1) is 13.7. The lowest BCUT2D eigenvalue weighted by molar-refractivity contribution is -0.138. The van der Waals surface area contributed by atoms with Crippen LogP contribution in [0.1, 0.15) is 52.4 Å². The minimum Gasteiger partial charge on any atom is -0.326 e. The summed E-state index contributed by atoms with van der Waals surface area (Å²) in [5, 5.41) is 2.67. The van der Waals surface area contributed by atoms with E-state index >= 15 is 0 Å². The number of nitrogens with zero attached hydrogens (tertiary/aromatic N) is 2. The summed E-state index contributed by atoms with van der Waals surface area (Å²) < 4.78 is 27.6. The van der Waals surface area contributed by atoms with Gasteiger partial charge in [-0.3, -0.25) is 19.3 Å². The predicted molar refractivity (Wildman–Crippen MR) is 107 cm³/mol. The van der Waals surface area contributed by atoms with Crippen LogP contribution in [0.25, 0.3) is 0 Å². The quantitative estimate of drug-likeness (QED) is 0.709. The van der Waals surface area contributed by atoms with Crippen molar-refractivity contribution in [3.05, 3.63) is 24.3 Å². The molecule has 9 heteroatoms. The van der Waals surface area contributed by atoms with Crippen molar-refractivity contribution in [3.8, 4) is 0 Å². The number of anilines is 1. The van der Waals surface area contributed by atoms with Gasteiger partial charge in [-0.05, 0) is 51.0 Å². The molecule has 1 aromatic carbocycles. The fraction of sp³-hybridized carbons (Fsp3) is 0.550. The number of amides is 3. The number of hydrogen-bond donors (Lipinski definition) is 1. The Kier molecular flexibility index (Phi) is 6.38. The Labute approximate surface area is 171 Å². The van der Waals surface area contributed by atoms with Crippen LogP contribution in [0.3, 0.4) is 0 Å². The normalized spacial score (nSPS) is 23.4. The molecule has 8 nitrogen and oxygen atoms in total. The van der Waals surface area contributed by atoms with Gasteiger partial charge in [-0.15, -0.1) is 0 Å². The molecule has 1 aromatic rings. The lowest BCUT2D eigenvalue weighted by atomic mass is 10.0. The molecule has 2 atom stereocenters. The van der Waals surface area contributed by atoms with Gasteiger partial charge in [0.15, 0.2) is 0 Å². The van der Waals surface area contributed by atoms with E-state index in [1.54, 1.807) is 16.4 Å². The molecule has 3 rings (SSSR count). The summed E-state index contributed by atoms with van der Waals surface area (Å²) in [5.74, 6) is -0.844. The third-order valence-corrected chi connectivity index (χ3v) is 7.69. The molecule has 158 valence electrons. The number of carbonyl (C=O) groups is 3. The zero-order valence-corrected chi connectivity index (χ0v) is 17.6. The van der Waals surface area contributed by atoms with Crippen molar-refractivity contribution in [1.29, 1.82) is 0 Å². The van der Waals surface area contributed by atoms with Crippen LogP contribution in [0.2, 0.25) is 0 Å². The summed E-state index contributed by atoms with van der Waals surface area (Å²) in [6.07, 6.45) is 3.11. The van der Waals surface area contributed by atoms with Crippen LogP contribution in [-0.2, 0) is 24.4 Å². The Balaban J connectivity index is 1.61. The van der Waals surface area contributed by atoms with Crippen LogP contribution in [0.15, 0.2) is 29.2 Å². The Hall–Kier alpha value is -2.26. The summed E-state index contributed by atoms with van der Waals surface area (Å²) in [6, 6.07) is 6.00. The van der Waals surface area contributed by atoms with Crippen molar-refractivity contribution < 1.29 is 22.8 Å². The van der Waals surface area contributed by atoms with E-state index in [0.29, 0.717) is 5.69 Å². The summed E-state index contributed by atoms with van der Waals surface area (Å²) in [7, 11) is -3.60. The van der Waals surface area contributed by atoms with Crippen molar-refractivity contribution in [2.24, 2.45) is 0 Å².